The van der Waals surface area contributed by atoms with E-state index in [0.717, 1.165) is 12.1 Å². The van der Waals surface area contributed by atoms with Crippen molar-refractivity contribution in [2.24, 2.45) is 0 Å². The number of rotatable bonds is 4. The minimum Gasteiger partial charge on any atom is -0.319 e. The number of hydrogen-bond donors (Lipinski definition) is 1. The highest BCUT2D eigenvalue weighted by molar-refractivity contribution is 5.96. The standard InChI is InChI=1S/C10H11F2NO/c1-13-5-4-10(14)7-2-3-8(11)9(12)6-7/h2-3,6,13H,4-5H2,1H3. The summed E-state index contributed by atoms with van der Waals surface area (Å²) >= 11 is 0. The number of ketones is 1. The molecule has 0 saturated carbocycles. The van der Waals surface area contributed by atoms with Gasteiger partial charge >= 0.3 is 0 Å². The number of halogens is 2. The quantitative estimate of drug-likeness (QED) is 0.748. The van der Waals surface area contributed by atoms with Crippen molar-refractivity contribution in [2.75, 3.05) is 13.6 Å². The summed E-state index contributed by atoms with van der Waals surface area (Å²) in [6.07, 6.45) is 0.279. The average molecular weight is 199 g/mol. The van der Waals surface area contributed by atoms with Crippen LogP contribution in [-0.4, -0.2) is 19.4 Å². The number of nitrogens with one attached hydrogen (secondary N) is 1. The van der Waals surface area contributed by atoms with Crippen LogP contribution in [0.1, 0.15) is 16.8 Å². The van der Waals surface area contributed by atoms with Crippen molar-refractivity contribution in [3.8, 4) is 0 Å². The lowest BCUT2D eigenvalue weighted by Crippen LogP contribution is -2.13. The van der Waals surface area contributed by atoms with E-state index in [0.29, 0.717) is 6.54 Å². The zero-order valence-electron chi connectivity index (χ0n) is 7.81. The third-order valence-corrected chi connectivity index (χ3v) is 1.84. The van der Waals surface area contributed by atoms with Crippen LogP contribution in [0.25, 0.3) is 0 Å². The van der Waals surface area contributed by atoms with Crippen LogP contribution in [0.5, 0.6) is 0 Å². The molecular formula is C10H11F2NO. The van der Waals surface area contributed by atoms with Gasteiger partial charge in [-0.3, -0.25) is 4.79 Å². The molecule has 1 rings (SSSR count). The first-order valence-corrected chi connectivity index (χ1v) is 4.28. The van der Waals surface area contributed by atoms with Crippen molar-refractivity contribution in [1.82, 2.24) is 5.32 Å². The Labute approximate surface area is 80.9 Å². The summed E-state index contributed by atoms with van der Waals surface area (Å²) < 4.78 is 25.2. The van der Waals surface area contributed by atoms with Gasteiger partial charge in [-0.15, -0.1) is 0 Å². The van der Waals surface area contributed by atoms with Gasteiger partial charge in [-0.1, -0.05) is 0 Å². The summed E-state index contributed by atoms with van der Waals surface area (Å²) in [5.74, 6) is -2.12. The molecule has 0 atom stereocenters. The predicted octanol–water partition coefficient (Wildman–Crippen LogP) is 1.76. The van der Waals surface area contributed by atoms with E-state index in [1.807, 2.05) is 0 Å². The predicted molar refractivity (Wildman–Crippen MR) is 49.2 cm³/mol. The molecule has 0 aliphatic carbocycles. The first-order valence-electron chi connectivity index (χ1n) is 4.28. The first kappa shape index (κ1) is 10.8. The SMILES string of the molecule is CNCCC(=O)c1ccc(F)c(F)c1. The van der Waals surface area contributed by atoms with Crippen molar-refractivity contribution in [1.29, 1.82) is 0 Å². The molecule has 2 nitrogen and oxygen atoms in total. The topological polar surface area (TPSA) is 29.1 Å². The summed E-state index contributed by atoms with van der Waals surface area (Å²) in [5, 5.41) is 2.81. The number of Topliss-reactive ketones (excluding diaryl/α,β-unsaturated/α-hetero) is 1. The molecule has 76 valence electrons. The van der Waals surface area contributed by atoms with Crippen molar-refractivity contribution < 1.29 is 13.6 Å². The normalized spacial score (nSPS) is 10.2. The Hall–Kier alpha value is -1.29. The molecule has 0 amide bonds. The lowest BCUT2D eigenvalue weighted by molar-refractivity contribution is 0.0982. The average Bonchev–Trinajstić information content (AvgIpc) is 2.18. The number of carbonyl (C=O) groups excluding carboxylic acids is 1. The van der Waals surface area contributed by atoms with E-state index in [9.17, 15) is 13.6 Å². The molecule has 0 heterocycles. The van der Waals surface area contributed by atoms with Gasteiger partial charge in [0.1, 0.15) is 0 Å². The van der Waals surface area contributed by atoms with Gasteiger partial charge in [0.05, 0.1) is 0 Å². The molecular weight excluding hydrogens is 188 g/mol. The Bertz CT molecular complexity index is 339. The second-order valence-corrected chi connectivity index (χ2v) is 2.91. The zero-order valence-corrected chi connectivity index (χ0v) is 7.81. The summed E-state index contributed by atoms with van der Waals surface area (Å²) in [5.41, 5.74) is 0.208. The fourth-order valence-corrected chi connectivity index (χ4v) is 1.05. The first-order chi connectivity index (χ1) is 6.65. The van der Waals surface area contributed by atoms with Crippen molar-refractivity contribution >= 4 is 5.78 Å². The second kappa shape index (κ2) is 4.81. The summed E-state index contributed by atoms with van der Waals surface area (Å²) in [6, 6.07) is 3.17. The highest BCUT2D eigenvalue weighted by Gasteiger charge is 2.08. The van der Waals surface area contributed by atoms with Crippen LogP contribution in [0, 0.1) is 11.6 Å². The lowest BCUT2D eigenvalue weighted by Gasteiger charge is -2.00. The number of carbonyl (C=O) groups is 1. The maximum Gasteiger partial charge on any atom is 0.164 e. The fraction of sp³-hybridized carbons (Fsp3) is 0.300. The van der Waals surface area contributed by atoms with E-state index in [2.05, 4.69) is 5.32 Å². The van der Waals surface area contributed by atoms with Gasteiger partial charge in [0.15, 0.2) is 17.4 Å². The number of hydrogen-bond acceptors (Lipinski definition) is 2. The van der Waals surface area contributed by atoms with Crippen LogP contribution in [0.4, 0.5) is 8.78 Å². The maximum absolute atomic E-state index is 12.7. The molecule has 4 heteroatoms. The van der Waals surface area contributed by atoms with Gasteiger partial charge in [-0.05, 0) is 25.2 Å². The molecule has 14 heavy (non-hydrogen) atoms. The summed E-state index contributed by atoms with van der Waals surface area (Å²) in [7, 11) is 1.72. The second-order valence-electron chi connectivity index (χ2n) is 2.91. The molecule has 0 unspecified atom stereocenters. The molecule has 1 N–H and O–H groups in total. The van der Waals surface area contributed by atoms with Gasteiger partial charge in [-0.25, -0.2) is 8.78 Å². The molecule has 0 saturated heterocycles. The summed E-state index contributed by atoms with van der Waals surface area (Å²) in [6.45, 7) is 0.526. The molecule has 0 aliphatic rings. The molecule has 0 radical (unpaired) electrons. The van der Waals surface area contributed by atoms with Crippen LogP contribution in [0.2, 0.25) is 0 Å². The van der Waals surface area contributed by atoms with E-state index >= 15 is 0 Å². The minimum atomic E-state index is -0.986. The van der Waals surface area contributed by atoms with Crippen LogP contribution in [0.15, 0.2) is 18.2 Å². The van der Waals surface area contributed by atoms with Crippen LogP contribution in [-0.2, 0) is 0 Å². The Morgan fingerprint density at radius 3 is 2.64 bits per heavy atom. The largest absolute Gasteiger partial charge is 0.319 e. The molecule has 0 fully saturated rings. The van der Waals surface area contributed by atoms with Crippen LogP contribution in [0.3, 0.4) is 0 Å². The third-order valence-electron chi connectivity index (χ3n) is 1.84. The molecule has 0 bridgehead atoms. The van der Waals surface area contributed by atoms with Crippen molar-refractivity contribution in [2.45, 2.75) is 6.42 Å². The van der Waals surface area contributed by atoms with E-state index < -0.39 is 11.6 Å². The highest BCUT2D eigenvalue weighted by Crippen LogP contribution is 2.10. The zero-order chi connectivity index (χ0) is 10.6. The van der Waals surface area contributed by atoms with Gasteiger partial charge < -0.3 is 5.32 Å². The van der Waals surface area contributed by atoms with Crippen molar-refractivity contribution in [3.63, 3.8) is 0 Å². The smallest absolute Gasteiger partial charge is 0.164 e. The van der Waals surface area contributed by atoms with Crippen molar-refractivity contribution in [3.05, 3.63) is 35.4 Å². The molecule has 0 spiro atoms. The van der Waals surface area contributed by atoms with E-state index in [1.165, 1.54) is 6.07 Å². The Morgan fingerprint density at radius 2 is 2.07 bits per heavy atom. The minimum absolute atomic E-state index is 0.196. The molecule has 0 aromatic heterocycles. The maximum atomic E-state index is 12.7. The highest BCUT2D eigenvalue weighted by atomic mass is 19.2. The van der Waals surface area contributed by atoms with E-state index in [1.54, 1.807) is 7.05 Å². The van der Waals surface area contributed by atoms with Gasteiger partial charge in [-0.2, -0.15) is 0 Å². The Balaban J connectivity index is 2.76. The summed E-state index contributed by atoms with van der Waals surface area (Å²) in [4.78, 5) is 11.3. The third kappa shape index (κ3) is 2.60. The molecule has 1 aromatic rings. The molecule has 1 aromatic carbocycles. The van der Waals surface area contributed by atoms with E-state index in [-0.39, 0.29) is 17.8 Å². The van der Waals surface area contributed by atoms with E-state index in [4.69, 9.17) is 0 Å². The number of benzene rings is 1. The van der Waals surface area contributed by atoms with Gasteiger partial charge in [0.2, 0.25) is 0 Å². The monoisotopic (exact) mass is 199 g/mol. The fourth-order valence-electron chi connectivity index (χ4n) is 1.05. The van der Waals surface area contributed by atoms with Gasteiger partial charge in [0, 0.05) is 18.5 Å². The van der Waals surface area contributed by atoms with Crippen LogP contribution < -0.4 is 5.32 Å². The Morgan fingerprint density at radius 1 is 1.36 bits per heavy atom. The lowest BCUT2D eigenvalue weighted by atomic mass is 10.1. The molecule has 0 aliphatic heterocycles. The van der Waals surface area contributed by atoms with Crippen LogP contribution >= 0.6 is 0 Å². The Kier molecular flexibility index (Phi) is 3.71. The van der Waals surface area contributed by atoms with Gasteiger partial charge in [0.25, 0.3) is 0 Å².